The summed E-state index contributed by atoms with van der Waals surface area (Å²) in [6, 6.07) is 7.37. The first-order valence-corrected chi connectivity index (χ1v) is 18.8. The number of carbonyl (C=O) groups is 1. The molecule has 6 heterocycles. The number of halogens is 2. The molecule has 2 atom stereocenters. The van der Waals surface area contributed by atoms with Crippen molar-refractivity contribution in [3.8, 4) is 22.9 Å². The van der Waals surface area contributed by atoms with E-state index >= 15 is 0 Å². The van der Waals surface area contributed by atoms with Crippen molar-refractivity contribution in [1.29, 1.82) is 0 Å². The van der Waals surface area contributed by atoms with Crippen LogP contribution < -0.4 is 0 Å². The van der Waals surface area contributed by atoms with Crippen molar-refractivity contribution in [2.45, 2.75) is 106 Å². The van der Waals surface area contributed by atoms with Crippen molar-refractivity contribution >= 4 is 29.2 Å². The highest BCUT2D eigenvalue weighted by Gasteiger charge is 2.40. The molecule has 314 valence electrons. The van der Waals surface area contributed by atoms with Gasteiger partial charge in [0.05, 0.1) is 53.6 Å². The predicted molar refractivity (Wildman–Crippen MR) is 223 cm³/mol. The molecular weight excluding hydrogens is 783 g/mol. The molecule has 6 aromatic heterocycles. The number of aromatic nitrogens is 10. The van der Waals surface area contributed by atoms with E-state index < -0.39 is 27.9 Å². The molecule has 0 fully saturated rings. The summed E-state index contributed by atoms with van der Waals surface area (Å²) in [5.41, 5.74) is 0.731. The summed E-state index contributed by atoms with van der Waals surface area (Å²) in [6.45, 7) is 19.7. The maximum Gasteiger partial charge on any atom is 0.333 e. The van der Waals surface area contributed by atoms with Gasteiger partial charge in [0.15, 0.2) is 17.2 Å². The average Bonchev–Trinajstić information content (AvgIpc) is 4.01. The number of esters is 1. The number of rotatable bonds is 12. The molecule has 0 radical (unpaired) electrons. The highest BCUT2D eigenvalue weighted by Crippen LogP contribution is 2.39. The number of aliphatic hydroxyl groups is 1. The summed E-state index contributed by atoms with van der Waals surface area (Å²) >= 11 is 11.9. The maximum absolute atomic E-state index is 12.0. The van der Waals surface area contributed by atoms with Crippen LogP contribution in [0.5, 0.6) is 0 Å². The van der Waals surface area contributed by atoms with E-state index in [1.165, 1.54) is 11.8 Å². The summed E-state index contributed by atoms with van der Waals surface area (Å²) in [6.07, 6.45) is 10.2. The first-order chi connectivity index (χ1) is 26.3. The van der Waals surface area contributed by atoms with Crippen LogP contribution in [-0.4, -0.2) is 74.6 Å². The van der Waals surface area contributed by atoms with Gasteiger partial charge in [0, 0.05) is 24.8 Å². The fraction of sp³-hybridized carbons (Fsp3) is 0.488. The number of carbonyl (C=O) groups excluding carboxylic acids is 1. The van der Waals surface area contributed by atoms with Crippen LogP contribution in [0.2, 0.25) is 10.3 Å². The van der Waals surface area contributed by atoms with Crippen LogP contribution in [0.1, 0.15) is 107 Å². The van der Waals surface area contributed by atoms with Crippen LogP contribution in [0, 0.1) is 11.8 Å². The van der Waals surface area contributed by atoms with Crippen LogP contribution in [0.15, 0.2) is 70.5 Å². The number of hydrogen-bond donors (Lipinski definition) is 1. The lowest BCUT2D eigenvalue weighted by Gasteiger charge is -2.30. The number of hydrogen-bond acceptors (Lipinski definition) is 13. The minimum atomic E-state index is -0.961. The fourth-order valence-electron chi connectivity index (χ4n) is 5.83. The Morgan fingerprint density at radius 2 is 1.14 bits per heavy atom. The van der Waals surface area contributed by atoms with Crippen molar-refractivity contribution in [3.05, 3.63) is 94.5 Å². The van der Waals surface area contributed by atoms with Crippen molar-refractivity contribution < 1.29 is 23.7 Å². The van der Waals surface area contributed by atoms with Gasteiger partial charge in [-0.25, -0.2) is 14.8 Å². The fourth-order valence-corrected chi connectivity index (χ4v) is 6.05. The Bertz CT molecular complexity index is 2240. The number of pyridine rings is 2. The van der Waals surface area contributed by atoms with Gasteiger partial charge in [0.1, 0.15) is 10.3 Å². The molecule has 0 amide bonds. The van der Waals surface area contributed by atoms with Crippen LogP contribution in [0.3, 0.4) is 0 Å². The molecule has 2 unspecified atom stereocenters. The lowest BCUT2D eigenvalue weighted by molar-refractivity contribution is -0.150. The number of nitrogens with zero attached hydrogens (tertiary/aromatic N) is 10. The Kier molecular flexibility index (Phi) is 14.9. The minimum Gasteiger partial charge on any atom is -0.467 e. The third-order valence-corrected chi connectivity index (χ3v) is 11.1. The van der Waals surface area contributed by atoms with E-state index in [9.17, 15) is 9.90 Å². The van der Waals surface area contributed by atoms with Gasteiger partial charge in [-0.2, -0.15) is 20.2 Å². The standard InChI is InChI=1S/C20H24ClN5O3.C19H24ClN5O2.2CH4/c1-12(2)20(5,14-7-8-15(21)22-10-14)17-24-16(29-25-17)13-9-23-26(11-13)19(3,4)18(27)28-6;1-12(2)19(5,14-6-7-15(20)21-9-14)17-23-16(27-24-17)13-8-22-25(10-13)18(3,4)11-26;;/h7-12H,1-6H3;6-10,12,26H,11H2,1-5H3;2*1H4. The molecule has 0 spiro atoms. The summed E-state index contributed by atoms with van der Waals surface area (Å²) < 4.78 is 19.1. The van der Waals surface area contributed by atoms with Gasteiger partial charge < -0.3 is 18.9 Å². The minimum absolute atomic E-state index is 0. The smallest absolute Gasteiger partial charge is 0.333 e. The second kappa shape index (κ2) is 18.3. The van der Waals surface area contributed by atoms with Gasteiger partial charge in [-0.3, -0.25) is 9.36 Å². The molecular formula is C41H56Cl2N10O5. The Labute approximate surface area is 350 Å². The molecule has 0 aromatic carbocycles. The molecule has 0 saturated carbocycles. The van der Waals surface area contributed by atoms with Gasteiger partial charge in [-0.1, -0.05) is 88.2 Å². The van der Waals surface area contributed by atoms with Gasteiger partial charge >= 0.3 is 5.97 Å². The molecule has 17 heteroatoms. The van der Waals surface area contributed by atoms with Crippen molar-refractivity contribution in [2.24, 2.45) is 11.8 Å². The van der Waals surface area contributed by atoms with Gasteiger partial charge in [-0.15, -0.1) is 0 Å². The van der Waals surface area contributed by atoms with E-state index in [1.807, 2.05) is 32.9 Å². The number of methoxy groups -OCH3 is 1. The molecule has 58 heavy (non-hydrogen) atoms. The van der Waals surface area contributed by atoms with Crippen LogP contribution in [0.25, 0.3) is 22.9 Å². The molecule has 6 rings (SSSR count). The largest absolute Gasteiger partial charge is 0.467 e. The van der Waals surface area contributed by atoms with E-state index in [-0.39, 0.29) is 33.3 Å². The zero-order chi connectivity index (χ0) is 41.2. The summed E-state index contributed by atoms with van der Waals surface area (Å²) in [7, 11) is 1.34. The van der Waals surface area contributed by atoms with Crippen LogP contribution >= 0.6 is 23.2 Å². The van der Waals surface area contributed by atoms with Crippen molar-refractivity contribution in [1.82, 2.24) is 49.8 Å². The lowest BCUT2D eigenvalue weighted by atomic mass is 9.73. The summed E-state index contributed by atoms with van der Waals surface area (Å²) in [4.78, 5) is 29.7. The molecule has 15 nitrogen and oxygen atoms in total. The van der Waals surface area contributed by atoms with Gasteiger partial charge in [-0.05, 0) is 76.6 Å². The molecule has 1 N–H and O–H groups in total. The molecule has 0 aliphatic carbocycles. The van der Waals surface area contributed by atoms with E-state index in [2.05, 4.69) is 75.1 Å². The Balaban J connectivity index is 0.000000301. The SMILES string of the molecule is C.C.CC(C)C(C)(c1ccc(Cl)nc1)c1noc(-c2cnn(C(C)(C)CO)c2)n1.COC(=O)C(C)(C)n1cc(-c2nc(C(C)(c3ccc(Cl)nc3)C(C)C)no2)cn1. The third-order valence-electron chi connectivity index (χ3n) is 10.7. The second-order valence-corrected chi connectivity index (χ2v) is 16.4. The monoisotopic (exact) mass is 838 g/mol. The molecule has 0 aliphatic rings. The predicted octanol–water partition coefficient (Wildman–Crippen LogP) is 8.79. The van der Waals surface area contributed by atoms with Crippen LogP contribution in [-0.2, 0) is 31.4 Å². The summed E-state index contributed by atoms with van der Waals surface area (Å²) in [5, 5.41) is 27.4. The highest BCUT2D eigenvalue weighted by molar-refractivity contribution is 6.29. The van der Waals surface area contributed by atoms with Gasteiger partial charge in [0.2, 0.25) is 0 Å². The first-order valence-electron chi connectivity index (χ1n) is 18.0. The quantitative estimate of drug-likeness (QED) is 0.0911. The van der Waals surface area contributed by atoms with E-state index in [1.54, 1.807) is 67.8 Å². The number of aliphatic hydroxyl groups excluding tert-OH is 1. The molecule has 0 bridgehead atoms. The normalized spacial score (nSPS) is 13.8. The molecule has 0 aliphatic heterocycles. The second-order valence-electron chi connectivity index (χ2n) is 15.7. The van der Waals surface area contributed by atoms with E-state index in [0.717, 1.165) is 11.1 Å². The van der Waals surface area contributed by atoms with Crippen molar-refractivity contribution in [2.75, 3.05) is 13.7 Å². The Morgan fingerprint density at radius 3 is 1.50 bits per heavy atom. The van der Waals surface area contributed by atoms with E-state index in [4.69, 9.17) is 37.0 Å². The highest BCUT2D eigenvalue weighted by atomic mass is 35.5. The Hall–Kier alpha value is -4.99. The lowest BCUT2D eigenvalue weighted by Crippen LogP contribution is -2.37. The zero-order valence-corrected chi connectivity index (χ0v) is 35.0. The van der Waals surface area contributed by atoms with E-state index in [0.29, 0.717) is 44.9 Å². The zero-order valence-electron chi connectivity index (χ0n) is 33.4. The average molecular weight is 840 g/mol. The third kappa shape index (κ3) is 9.16. The molecule has 0 saturated heterocycles. The van der Waals surface area contributed by atoms with Crippen molar-refractivity contribution in [3.63, 3.8) is 0 Å². The summed E-state index contributed by atoms with van der Waals surface area (Å²) in [5.74, 6) is 1.77. The molecule has 6 aromatic rings. The topological polar surface area (TPSA) is 186 Å². The Morgan fingerprint density at radius 1 is 0.724 bits per heavy atom. The maximum atomic E-state index is 12.0. The van der Waals surface area contributed by atoms with Crippen LogP contribution in [0.4, 0.5) is 0 Å². The first kappa shape index (κ1) is 47.4. The number of ether oxygens (including phenoxy) is 1. The van der Waals surface area contributed by atoms with Gasteiger partial charge in [0.25, 0.3) is 11.8 Å².